The summed E-state index contributed by atoms with van der Waals surface area (Å²) in [4.78, 5) is 11.0. The van der Waals surface area contributed by atoms with E-state index in [1.54, 1.807) is 6.92 Å². The maximum atomic E-state index is 11.0. The van der Waals surface area contributed by atoms with Crippen molar-refractivity contribution in [3.8, 4) is 0 Å². The fourth-order valence-corrected chi connectivity index (χ4v) is 1.45. The van der Waals surface area contributed by atoms with E-state index in [0.29, 0.717) is 13.0 Å². The number of carbonyl (C=O) groups excluding carboxylic acids is 1. The van der Waals surface area contributed by atoms with Gasteiger partial charge in [0.05, 0.1) is 18.8 Å². The quantitative estimate of drug-likeness (QED) is 0.476. The minimum atomic E-state index is -0.601. The van der Waals surface area contributed by atoms with Crippen LogP contribution in [-0.4, -0.2) is 23.8 Å². The standard InChI is InChI=1S/C15H18O3/c1-2-18-15(17)10-6-9-14(16)12-11-13-7-4-3-5-8-13/h3-5,7-10,14,16H,2,11-12H2,1H3. The average molecular weight is 246 g/mol. The Morgan fingerprint density at radius 1 is 1.44 bits per heavy atom. The van der Waals surface area contributed by atoms with E-state index in [4.69, 9.17) is 4.74 Å². The number of carbonyl (C=O) groups is 1. The molecule has 0 amide bonds. The van der Waals surface area contributed by atoms with Crippen LogP contribution in [0.4, 0.5) is 0 Å². The van der Waals surface area contributed by atoms with Gasteiger partial charge in [-0.3, -0.25) is 0 Å². The first-order valence-electron chi connectivity index (χ1n) is 6.03. The van der Waals surface area contributed by atoms with Gasteiger partial charge in [0, 0.05) is 0 Å². The minimum Gasteiger partial charge on any atom is -0.462 e. The molecule has 1 N–H and O–H groups in total. The molecule has 0 heterocycles. The third-order valence-corrected chi connectivity index (χ3v) is 2.35. The van der Waals surface area contributed by atoms with Gasteiger partial charge in [-0.25, -0.2) is 4.79 Å². The van der Waals surface area contributed by atoms with E-state index in [-0.39, 0.29) is 0 Å². The number of aliphatic hydroxyl groups excluding tert-OH is 1. The van der Waals surface area contributed by atoms with E-state index in [1.807, 2.05) is 30.3 Å². The third-order valence-electron chi connectivity index (χ3n) is 2.35. The van der Waals surface area contributed by atoms with Crippen LogP contribution in [0.25, 0.3) is 0 Å². The van der Waals surface area contributed by atoms with Crippen molar-refractivity contribution in [1.82, 2.24) is 0 Å². The summed E-state index contributed by atoms with van der Waals surface area (Å²) in [5, 5.41) is 9.66. The summed E-state index contributed by atoms with van der Waals surface area (Å²) in [7, 11) is 0. The maximum absolute atomic E-state index is 11.0. The van der Waals surface area contributed by atoms with Crippen LogP contribution in [0.15, 0.2) is 48.2 Å². The van der Waals surface area contributed by atoms with Gasteiger partial charge in [-0.05, 0) is 31.4 Å². The van der Waals surface area contributed by atoms with Gasteiger partial charge in [0.1, 0.15) is 0 Å². The zero-order valence-electron chi connectivity index (χ0n) is 10.5. The van der Waals surface area contributed by atoms with Gasteiger partial charge in [0.15, 0.2) is 0 Å². The van der Waals surface area contributed by atoms with Gasteiger partial charge in [-0.15, -0.1) is 5.73 Å². The van der Waals surface area contributed by atoms with Crippen LogP contribution < -0.4 is 0 Å². The molecule has 0 aliphatic rings. The van der Waals surface area contributed by atoms with E-state index < -0.39 is 12.1 Å². The number of esters is 1. The molecule has 3 nitrogen and oxygen atoms in total. The second kappa shape index (κ2) is 8.29. The first kappa shape index (κ1) is 14.2. The smallest absolute Gasteiger partial charge is 0.338 e. The summed E-state index contributed by atoms with van der Waals surface area (Å²) in [6.07, 6.45) is 3.46. The molecule has 18 heavy (non-hydrogen) atoms. The molecule has 1 unspecified atom stereocenters. The molecule has 0 aliphatic carbocycles. The van der Waals surface area contributed by atoms with E-state index in [9.17, 15) is 9.90 Å². The van der Waals surface area contributed by atoms with Crippen molar-refractivity contribution in [2.75, 3.05) is 6.61 Å². The predicted molar refractivity (Wildman–Crippen MR) is 70.1 cm³/mol. The predicted octanol–water partition coefficient (Wildman–Crippen LogP) is 2.25. The lowest BCUT2D eigenvalue weighted by atomic mass is 10.1. The van der Waals surface area contributed by atoms with Gasteiger partial charge in [-0.1, -0.05) is 30.3 Å². The van der Waals surface area contributed by atoms with E-state index in [0.717, 1.165) is 6.42 Å². The van der Waals surface area contributed by atoms with Crippen molar-refractivity contribution in [1.29, 1.82) is 0 Å². The van der Waals surface area contributed by atoms with E-state index in [1.165, 1.54) is 17.7 Å². The molecule has 0 bridgehead atoms. The van der Waals surface area contributed by atoms with Gasteiger partial charge < -0.3 is 9.84 Å². The molecule has 1 atom stereocenters. The highest BCUT2D eigenvalue weighted by atomic mass is 16.5. The Labute approximate surface area is 107 Å². The fraction of sp³-hybridized carbons (Fsp3) is 0.333. The van der Waals surface area contributed by atoms with Crippen molar-refractivity contribution >= 4 is 5.97 Å². The molecule has 0 aromatic heterocycles. The van der Waals surface area contributed by atoms with Crippen LogP contribution in [-0.2, 0) is 16.0 Å². The molecule has 0 saturated heterocycles. The Morgan fingerprint density at radius 3 is 2.83 bits per heavy atom. The first-order chi connectivity index (χ1) is 8.72. The largest absolute Gasteiger partial charge is 0.462 e. The molecule has 0 fully saturated rings. The van der Waals surface area contributed by atoms with Crippen LogP contribution in [0.5, 0.6) is 0 Å². The van der Waals surface area contributed by atoms with Gasteiger partial charge >= 0.3 is 5.97 Å². The monoisotopic (exact) mass is 246 g/mol. The molecule has 1 aromatic carbocycles. The zero-order valence-corrected chi connectivity index (χ0v) is 10.5. The Hall–Kier alpha value is -1.83. The number of rotatable bonds is 6. The first-order valence-corrected chi connectivity index (χ1v) is 6.03. The van der Waals surface area contributed by atoms with Crippen molar-refractivity contribution in [2.24, 2.45) is 0 Å². The summed E-state index contributed by atoms with van der Waals surface area (Å²) < 4.78 is 4.69. The molecule has 1 rings (SSSR count). The second-order valence-corrected chi connectivity index (χ2v) is 3.82. The highest BCUT2D eigenvalue weighted by Crippen LogP contribution is 2.05. The third kappa shape index (κ3) is 6.04. The van der Waals surface area contributed by atoms with Gasteiger partial charge in [0.2, 0.25) is 0 Å². The average Bonchev–Trinajstić information content (AvgIpc) is 2.38. The summed E-state index contributed by atoms with van der Waals surface area (Å²) in [6, 6.07) is 9.94. The lowest BCUT2D eigenvalue weighted by molar-refractivity contribution is -0.137. The molecule has 1 aromatic rings. The van der Waals surface area contributed by atoms with Crippen LogP contribution in [0, 0.1) is 0 Å². The van der Waals surface area contributed by atoms with E-state index >= 15 is 0 Å². The fourth-order valence-electron chi connectivity index (χ4n) is 1.45. The number of aliphatic hydroxyl groups is 1. The second-order valence-electron chi connectivity index (χ2n) is 3.82. The minimum absolute atomic E-state index is 0.341. The molecule has 0 aliphatic heterocycles. The summed E-state index contributed by atoms with van der Waals surface area (Å²) in [5.41, 5.74) is 3.81. The van der Waals surface area contributed by atoms with Crippen molar-refractivity contribution in [2.45, 2.75) is 25.9 Å². The topological polar surface area (TPSA) is 46.5 Å². The Kier molecular flexibility index (Phi) is 6.55. The number of hydrogen-bond donors (Lipinski definition) is 1. The highest BCUT2D eigenvalue weighted by Gasteiger charge is 1.99. The Bertz CT molecular complexity index is 417. The van der Waals surface area contributed by atoms with Crippen LogP contribution in [0.2, 0.25) is 0 Å². The van der Waals surface area contributed by atoms with E-state index in [2.05, 4.69) is 5.73 Å². The van der Waals surface area contributed by atoms with Gasteiger partial charge in [0.25, 0.3) is 0 Å². The Morgan fingerprint density at radius 2 is 2.17 bits per heavy atom. The molecular formula is C15H18O3. The molecular weight excluding hydrogens is 228 g/mol. The number of hydrogen-bond acceptors (Lipinski definition) is 3. The summed E-state index contributed by atoms with van der Waals surface area (Å²) in [6.45, 7) is 2.08. The molecule has 3 heteroatoms. The normalized spacial score (nSPS) is 11.2. The lowest BCUT2D eigenvalue weighted by Gasteiger charge is -2.03. The van der Waals surface area contributed by atoms with Crippen LogP contribution >= 0.6 is 0 Å². The van der Waals surface area contributed by atoms with Crippen LogP contribution in [0.1, 0.15) is 18.9 Å². The SMILES string of the molecule is CCOC(=O)C=C=CC(O)CCc1ccccc1. The number of ether oxygens (including phenoxy) is 1. The molecule has 0 saturated carbocycles. The highest BCUT2D eigenvalue weighted by molar-refractivity contribution is 5.81. The van der Waals surface area contributed by atoms with Crippen molar-refractivity contribution < 1.29 is 14.6 Å². The van der Waals surface area contributed by atoms with Crippen molar-refractivity contribution in [3.63, 3.8) is 0 Å². The molecule has 0 radical (unpaired) electrons. The summed E-state index contributed by atoms with van der Waals surface area (Å²) in [5.74, 6) is -0.441. The Balaban J connectivity index is 2.35. The van der Waals surface area contributed by atoms with Gasteiger partial charge in [-0.2, -0.15) is 0 Å². The number of benzene rings is 1. The maximum Gasteiger partial charge on any atom is 0.338 e. The van der Waals surface area contributed by atoms with Crippen molar-refractivity contribution in [3.05, 3.63) is 53.8 Å². The molecule has 0 spiro atoms. The zero-order chi connectivity index (χ0) is 13.2. The number of aryl methyl sites for hydroxylation is 1. The lowest BCUT2D eigenvalue weighted by Crippen LogP contribution is -2.03. The summed E-state index contributed by atoms with van der Waals surface area (Å²) >= 11 is 0. The van der Waals surface area contributed by atoms with Crippen LogP contribution in [0.3, 0.4) is 0 Å². The molecule has 96 valence electrons.